The summed E-state index contributed by atoms with van der Waals surface area (Å²) in [5, 5.41) is 5.20. The first kappa shape index (κ1) is 15.1. The van der Waals surface area contributed by atoms with Gasteiger partial charge in [-0.25, -0.2) is 13.6 Å². The van der Waals surface area contributed by atoms with E-state index in [1.807, 2.05) is 13.1 Å². The molecule has 1 aromatic carbocycles. The topological polar surface area (TPSA) is 89.4 Å². The minimum atomic E-state index is -3.78. The second-order valence-electron chi connectivity index (χ2n) is 5.77. The van der Waals surface area contributed by atoms with E-state index in [2.05, 4.69) is 11.8 Å². The van der Waals surface area contributed by atoms with Crippen LogP contribution in [0, 0.1) is 5.92 Å². The number of hydrogen-bond donors (Lipinski definition) is 2. The Morgan fingerprint density at radius 1 is 1.30 bits per heavy atom. The molecule has 0 spiro atoms. The zero-order chi connectivity index (χ0) is 14.9. The molecule has 0 aliphatic heterocycles. The van der Waals surface area contributed by atoms with Gasteiger partial charge in [-0.15, -0.1) is 0 Å². The smallest absolute Gasteiger partial charge is 0.240 e. The SMILES string of the molecule is CC1CCCC(N(C)c2cccc(S(N)(=O)=O)c2N)C1. The molecule has 5 nitrogen and oxygen atoms in total. The van der Waals surface area contributed by atoms with Gasteiger partial charge in [0.15, 0.2) is 0 Å². The van der Waals surface area contributed by atoms with Crippen molar-refractivity contribution in [1.82, 2.24) is 0 Å². The summed E-state index contributed by atoms with van der Waals surface area (Å²) in [7, 11) is -1.81. The molecule has 1 saturated carbocycles. The van der Waals surface area contributed by atoms with Crippen LogP contribution < -0.4 is 15.8 Å². The fourth-order valence-electron chi connectivity index (χ4n) is 3.04. The highest BCUT2D eigenvalue weighted by Gasteiger charge is 2.25. The molecule has 0 heterocycles. The number of rotatable bonds is 3. The van der Waals surface area contributed by atoms with Gasteiger partial charge in [0.05, 0.1) is 11.4 Å². The highest BCUT2D eigenvalue weighted by Crippen LogP contribution is 2.34. The van der Waals surface area contributed by atoms with Crippen LogP contribution in [0.3, 0.4) is 0 Å². The normalized spacial score (nSPS) is 23.6. The van der Waals surface area contributed by atoms with Crippen molar-refractivity contribution in [2.45, 2.75) is 43.5 Å². The first-order chi connectivity index (χ1) is 9.30. The van der Waals surface area contributed by atoms with E-state index in [0.717, 1.165) is 18.5 Å². The standard InChI is InChI=1S/C14H23N3O2S/c1-10-5-3-6-11(9-10)17(2)12-7-4-8-13(14(12)15)20(16,18)19/h4,7-8,10-11H,3,5-6,9,15H2,1-2H3,(H2,16,18,19). The predicted molar refractivity (Wildman–Crippen MR) is 82.1 cm³/mol. The summed E-state index contributed by atoms with van der Waals surface area (Å²) in [6, 6.07) is 5.39. The van der Waals surface area contributed by atoms with E-state index in [1.165, 1.54) is 18.9 Å². The van der Waals surface area contributed by atoms with Crippen LogP contribution in [0.1, 0.15) is 32.6 Å². The van der Waals surface area contributed by atoms with Gasteiger partial charge in [-0.1, -0.05) is 25.8 Å². The molecule has 1 aliphatic rings. The van der Waals surface area contributed by atoms with Crippen molar-refractivity contribution in [2.24, 2.45) is 11.1 Å². The minimum Gasteiger partial charge on any atom is -0.396 e. The quantitative estimate of drug-likeness (QED) is 0.834. The molecule has 2 rings (SSSR count). The van der Waals surface area contributed by atoms with Crippen molar-refractivity contribution in [3.8, 4) is 0 Å². The summed E-state index contributed by atoms with van der Waals surface area (Å²) >= 11 is 0. The number of hydrogen-bond acceptors (Lipinski definition) is 4. The van der Waals surface area contributed by atoms with E-state index in [1.54, 1.807) is 6.07 Å². The molecule has 1 fully saturated rings. The third-order valence-corrected chi connectivity index (χ3v) is 5.16. The maximum absolute atomic E-state index is 11.5. The Labute approximate surface area is 121 Å². The largest absolute Gasteiger partial charge is 0.396 e. The first-order valence-electron chi connectivity index (χ1n) is 6.95. The molecule has 0 radical (unpaired) electrons. The lowest BCUT2D eigenvalue weighted by atomic mass is 9.86. The van der Waals surface area contributed by atoms with E-state index < -0.39 is 10.0 Å². The summed E-state index contributed by atoms with van der Waals surface area (Å²) in [6.07, 6.45) is 4.68. The second-order valence-corrected chi connectivity index (χ2v) is 7.30. The fraction of sp³-hybridized carbons (Fsp3) is 0.571. The Kier molecular flexibility index (Phi) is 4.25. The lowest BCUT2D eigenvalue weighted by Crippen LogP contribution is -2.36. The van der Waals surface area contributed by atoms with Crippen LogP contribution in [0.2, 0.25) is 0 Å². The highest BCUT2D eigenvalue weighted by molar-refractivity contribution is 7.89. The molecule has 2 unspecified atom stereocenters. The van der Waals surface area contributed by atoms with Crippen LogP contribution in [-0.4, -0.2) is 21.5 Å². The number of benzene rings is 1. The molecule has 6 heteroatoms. The van der Waals surface area contributed by atoms with E-state index in [0.29, 0.717) is 12.0 Å². The Balaban J connectivity index is 2.33. The Morgan fingerprint density at radius 3 is 2.60 bits per heavy atom. The number of nitrogens with two attached hydrogens (primary N) is 2. The number of para-hydroxylation sites is 1. The minimum absolute atomic E-state index is 0.00529. The van der Waals surface area contributed by atoms with E-state index in [9.17, 15) is 8.42 Å². The third-order valence-electron chi connectivity index (χ3n) is 4.19. The molecule has 0 aromatic heterocycles. The third kappa shape index (κ3) is 3.07. The Morgan fingerprint density at radius 2 is 2.00 bits per heavy atom. The number of nitrogens with zero attached hydrogens (tertiary/aromatic N) is 1. The van der Waals surface area contributed by atoms with Crippen LogP contribution in [-0.2, 0) is 10.0 Å². The second kappa shape index (κ2) is 5.61. The monoisotopic (exact) mass is 297 g/mol. The van der Waals surface area contributed by atoms with Gasteiger partial charge >= 0.3 is 0 Å². The molecular formula is C14H23N3O2S. The van der Waals surface area contributed by atoms with Crippen molar-refractivity contribution in [3.63, 3.8) is 0 Å². The molecular weight excluding hydrogens is 274 g/mol. The van der Waals surface area contributed by atoms with Gasteiger partial charge in [0.1, 0.15) is 4.90 Å². The van der Waals surface area contributed by atoms with Crippen LogP contribution in [0.5, 0.6) is 0 Å². The van der Waals surface area contributed by atoms with E-state index in [4.69, 9.17) is 10.9 Å². The zero-order valence-corrected chi connectivity index (χ0v) is 12.9. The molecule has 1 aliphatic carbocycles. The Bertz CT molecular complexity index is 586. The lowest BCUT2D eigenvalue weighted by Gasteiger charge is -2.36. The Hall–Kier alpha value is -1.27. The van der Waals surface area contributed by atoms with Crippen LogP contribution in [0.4, 0.5) is 11.4 Å². The summed E-state index contributed by atoms with van der Waals surface area (Å²) in [6.45, 7) is 2.25. The van der Waals surface area contributed by atoms with E-state index >= 15 is 0 Å². The van der Waals surface area contributed by atoms with Crippen molar-refractivity contribution in [2.75, 3.05) is 17.7 Å². The maximum atomic E-state index is 11.5. The van der Waals surface area contributed by atoms with Gasteiger partial charge in [-0.05, 0) is 30.9 Å². The summed E-state index contributed by atoms with van der Waals surface area (Å²) in [5.41, 5.74) is 7.00. The molecule has 0 saturated heterocycles. The van der Waals surface area contributed by atoms with Gasteiger partial charge in [0, 0.05) is 13.1 Å². The highest BCUT2D eigenvalue weighted by atomic mass is 32.2. The molecule has 0 bridgehead atoms. The average Bonchev–Trinajstić information content (AvgIpc) is 2.37. The maximum Gasteiger partial charge on any atom is 0.240 e. The molecule has 112 valence electrons. The average molecular weight is 297 g/mol. The van der Waals surface area contributed by atoms with Crippen molar-refractivity contribution in [3.05, 3.63) is 18.2 Å². The van der Waals surface area contributed by atoms with Crippen molar-refractivity contribution >= 4 is 21.4 Å². The number of primary sulfonamides is 1. The van der Waals surface area contributed by atoms with Crippen LogP contribution in [0.25, 0.3) is 0 Å². The molecule has 4 N–H and O–H groups in total. The van der Waals surface area contributed by atoms with Gasteiger partial charge < -0.3 is 10.6 Å². The fourth-order valence-corrected chi connectivity index (χ4v) is 3.72. The number of anilines is 2. The van der Waals surface area contributed by atoms with Gasteiger partial charge in [-0.3, -0.25) is 0 Å². The number of sulfonamides is 1. The zero-order valence-electron chi connectivity index (χ0n) is 12.0. The predicted octanol–water partition coefficient (Wildman–Crippen LogP) is 1.93. The first-order valence-corrected chi connectivity index (χ1v) is 8.49. The van der Waals surface area contributed by atoms with Gasteiger partial charge in [0.2, 0.25) is 10.0 Å². The molecule has 20 heavy (non-hydrogen) atoms. The van der Waals surface area contributed by atoms with Crippen molar-refractivity contribution < 1.29 is 8.42 Å². The lowest BCUT2D eigenvalue weighted by molar-refractivity contribution is 0.336. The summed E-state index contributed by atoms with van der Waals surface area (Å²) in [4.78, 5) is 2.10. The number of nitrogen functional groups attached to an aromatic ring is 1. The molecule has 1 aromatic rings. The van der Waals surface area contributed by atoms with Crippen LogP contribution >= 0.6 is 0 Å². The van der Waals surface area contributed by atoms with E-state index in [-0.39, 0.29) is 10.6 Å². The molecule has 0 amide bonds. The summed E-state index contributed by atoms with van der Waals surface area (Å²) < 4.78 is 23.1. The molecule has 2 atom stereocenters. The van der Waals surface area contributed by atoms with Gasteiger partial charge in [-0.2, -0.15) is 0 Å². The van der Waals surface area contributed by atoms with Gasteiger partial charge in [0.25, 0.3) is 0 Å². The van der Waals surface area contributed by atoms with Crippen LogP contribution in [0.15, 0.2) is 23.1 Å². The summed E-state index contributed by atoms with van der Waals surface area (Å²) in [5.74, 6) is 0.693. The van der Waals surface area contributed by atoms with Crippen molar-refractivity contribution in [1.29, 1.82) is 0 Å².